The molecule has 186 valence electrons. The van der Waals surface area contributed by atoms with Gasteiger partial charge in [-0.05, 0) is 24.3 Å². The van der Waals surface area contributed by atoms with Gasteiger partial charge in [0.1, 0.15) is 17.3 Å². The molecule has 0 unspecified atom stereocenters. The van der Waals surface area contributed by atoms with E-state index in [4.69, 9.17) is 10.5 Å². The molecule has 5 rings (SSSR count). The number of hydrogen-bond acceptors (Lipinski definition) is 8. The summed E-state index contributed by atoms with van der Waals surface area (Å²) < 4.78 is 47.5. The van der Waals surface area contributed by atoms with Gasteiger partial charge in [0.05, 0.1) is 18.8 Å². The quantitative estimate of drug-likeness (QED) is 0.369. The predicted octanol–water partition coefficient (Wildman–Crippen LogP) is 3.57. The van der Waals surface area contributed by atoms with E-state index in [-0.39, 0.29) is 17.2 Å². The van der Waals surface area contributed by atoms with Crippen molar-refractivity contribution < 1.29 is 22.7 Å². The number of carbonyl (C=O) groups is 1. The lowest BCUT2D eigenvalue weighted by Crippen LogP contribution is -2.36. The van der Waals surface area contributed by atoms with Gasteiger partial charge in [-0.15, -0.1) is 0 Å². The highest BCUT2D eigenvalue weighted by Gasteiger charge is 2.32. The Bertz CT molecular complexity index is 1420. The number of anilines is 5. The Labute approximate surface area is 202 Å². The Morgan fingerprint density at radius 1 is 1.00 bits per heavy atom. The topological polar surface area (TPSA) is 123 Å². The van der Waals surface area contributed by atoms with Crippen LogP contribution in [0.3, 0.4) is 0 Å². The Morgan fingerprint density at radius 3 is 2.56 bits per heavy atom. The number of ether oxygens (including phenoxy) is 1. The minimum absolute atomic E-state index is 0.0255. The fraction of sp³-hybridized carbons (Fsp3) is 0.217. The van der Waals surface area contributed by atoms with E-state index in [9.17, 15) is 18.0 Å². The van der Waals surface area contributed by atoms with Crippen LogP contribution in [-0.4, -0.2) is 51.6 Å². The number of rotatable bonds is 6. The number of primary amides is 1. The molecule has 0 saturated carbocycles. The molecule has 4 N–H and O–H groups in total. The number of pyridine rings is 1. The summed E-state index contributed by atoms with van der Waals surface area (Å²) in [5, 5.41) is 6.00. The van der Waals surface area contributed by atoms with Gasteiger partial charge in [-0.3, -0.25) is 4.79 Å². The molecule has 1 aromatic carbocycles. The van der Waals surface area contributed by atoms with Gasteiger partial charge in [0, 0.05) is 60.8 Å². The third-order valence-corrected chi connectivity index (χ3v) is 5.52. The monoisotopic (exact) mass is 498 g/mol. The zero-order chi connectivity index (χ0) is 25.3. The molecule has 10 nitrogen and oxygen atoms in total. The number of nitrogens with zero attached hydrogens (tertiary/aromatic N) is 5. The highest BCUT2D eigenvalue weighted by atomic mass is 19.4. The highest BCUT2D eigenvalue weighted by molar-refractivity contribution is 5.94. The largest absolute Gasteiger partial charge is 0.416 e. The number of fused-ring (bicyclic) bond motifs is 1. The number of halogens is 3. The molecular weight excluding hydrogens is 477 g/mol. The maximum Gasteiger partial charge on any atom is 0.416 e. The SMILES string of the molecule is NC(=O)c1cc(Nc2nc(Nc3ccn4ccnc4c3)cc(N3CCOCC3)n2)cc(C(F)(F)F)c1. The zero-order valence-corrected chi connectivity index (χ0v) is 18.8. The number of morpholine rings is 1. The number of benzene rings is 1. The van der Waals surface area contributed by atoms with Gasteiger partial charge in [-0.2, -0.15) is 23.1 Å². The van der Waals surface area contributed by atoms with Crippen molar-refractivity contribution in [2.24, 2.45) is 5.73 Å². The maximum atomic E-state index is 13.4. The van der Waals surface area contributed by atoms with Gasteiger partial charge in [-0.1, -0.05) is 0 Å². The van der Waals surface area contributed by atoms with Crippen molar-refractivity contribution in [3.05, 3.63) is 66.1 Å². The lowest BCUT2D eigenvalue weighted by atomic mass is 10.1. The second-order valence-corrected chi connectivity index (χ2v) is 8.05. The molecule has 0 atom stereocenters. The van der Waals surface area contributed by atoms with Crippen LogP contribution < -0.4 is 21.3 Å². The molecule has 36 heavy (non-hydrogen) atoms. The van der Waals surface area contributed by atoms with E-state index < -0.39 is 17.6 Å². The van der Waals surface area contributed by atoms with Crippen molar-refractivity contribution in [2.45, 2.75) is 6.18 Å². The number of imidazole rings is 1. The molecule has 0 bridgehead atoms. The Morgan fingerprint density at radius 2 is 1.81 bits per heavy atom. The smallest absolute Gasteiger partial charge is 0.378 e. The van der Waals surface area contributed by atoms with E-state index in [2.05, 4.69) is 25.6 Å². The normalized spacial score (nSPS) is 14.1. The van der Waals surface area contributed by atoms with Gasteiger partial charge in [-0.25, -0.2) is 4.98 Å². The zero-order valence-electron chi connectivity index (χ0n) is 18.8. The molecule has 1 aliphatic heterocycles. The molecular formula is C23H21F3N8O2. The summed E-state index contributed by atoms with van der Waals surface area (Å²) >= 11 is 0. The van der Waals surface area contributed by atoms with Crippen molar-refractivity contribution in [2.75, 3.05) is 41.8 Å². The van der Waals surface area contributed by atoms with E-state index in [1.807, 2.05) is 33.8 Å². The van der Waals surface area contributed by atoms with Crippen LogP contribution in [0.5, 0.6) is 0 Å². The molecule has 1 amide bonds. The standard InChI is InChI=1S/C23H21F3N8O2/c24-23(25,26)15-9-14(21(27)35)10-17(11-15)30-22-31-18(13-20(32-22)34-5-7-36-8-6-34)29-16-1-3-33-4-2-28-19(33)12-16/h1-4,9-13H,5-8H2,(H2,27,35)(H2,29,30,31,32). The van der Waals surface area contributed by atoms with Gasteiger partial charge in [0.15, 0.2) is 0 Å². The lowest BCUT2D eigenvalue weighted by Gasteiger charge is -2.28. The molecule has 1 aliphatic rings. The van der Waals surface area contributed by atoms with Crippen LogP contribution in [0.15, 0.2) is 55.0 Å². The average Bonchev–Trinajstić information content (AvgIpc) is 3.32. The average molecular weight is 498 g/mol. The Kier molecular flexibility index (Phi) is 6.06. The number of nitrogens with two attached hydrogens (primary N) is 1. The van der Waals surface area contributed by atoms with E-state index in [0.29, 0.717) is 49.7 Å². The third-order valence-electron chi connectivity index (χ3n) is 5.52. The molecule has 4 heterocycles. The predicted molar refractivity (Wildman–Crippen MR) is 127 cm³/mol. The second kappa shape index (κ2) is 9.34. The van der Waals surface area contributed by atoms with Gasteiger partial charge < -0.3 is 30.4 Å². The van der Waals surface area contributed by atoms with Gasteiger partial charge >= 0.3 is 6.18 Å². The molecule has 3 aromatic heterocycles. The first-order valence-corrected chi connectivity index (χ1v) is 11.0. The minimum atomic E-state index is -4.67. The second-order valence-electron chi connectivity index (χ2n) is 8.05. The number of nitrogens with one attached hydrogen (secondary N) is 2. The Hall–Kier alpha value is -4.39. The fourth-order valence-corrected chi connectivity index (χ4v) is 3.78. The molecule has 13 heteroatoms. The van der Waals surface area contributed by atoms with E-state index >= 15 is 0 Å². The summed E-state index contributed by atoms with van der Waals surface area (Å²) in [6, 6.07) is 8.21. The van der Waals surface area contributed by atoms with E-state index in [1.54, 1.807) is 12.3 Å². The molecule has 1 saturated heterocycles. The number of carbonyl (C=O) groups excluding carboxylic acids is 1. The van der Waals surface area contributed by atoms with E-state index in [0.717, 1.165) is 11.7 Å². The van der Waals surface area contributed by atoms with Crippen molar-refractivity contribution >= 4 is 40.5 Å². The fourth-order valence-electron chi connectivity index (χ4n) is 3.78. The molecule has 0 aliphatic carbocycles. The van der Waals surface area contributed by atoms with Crippen LogP contribution in [0.4, 0.5) is 42.1 Å². The van der Waals surface area contributed by atoms with Gasteiger partial charge in [0.25, 0.3) is 0 Å². The number of amides is 1. The van der Waals surface area contributed by atoms with Crippen LogP contribution in [0.1, 0.15) is 15.9 Å². The van der Waals surface area contributed by atoms with Crippen LogP contribution in [0, 0.1) is 0 Å². The van der Waals surface area contributed by atoms with Crippen LogP contribution in [0.25, 0.3) is 5.65 Å². The summed E-state index contributed by atoms with van der Waals surface area (Å²) in [5.41, 5.74) is 5.36. The van der Waals surface area contributed by atoms with Crippen LogP contribution in [0.2, 0.25) is 0 Å². The molecule has 0 spiro atoms. The summed E-state index contributed by atoms with van der Waals surface area (Å²) in [4.78, 5) is 26.8. The van der Waals surface area contributed by atoms with Crippen LogP contribution >= 0.6 is 0 Å². The molecule has 4 aromatic rings. The Balaban J connectivity index is 1.51. The lowest BCUT2D eigenvalue weighted by molar-refractivity contribution is -0.137. The summed E-state index contributed by atoms with van der Waals surface area (Å²) in [6.45, 7) is 2.21. The first kappa shape index (κ1) is 23.4. The van der Waals surface area contributed by atoms with Crippen molar-refractivity contribution in [1.29, 1.82) is 0 Å². The van der Waals surface area contributed by atoms with Crippen molar-refractivity contribution in [3.63, 3.8) is 0 Å². The first-order chi connectivity index (χ1) is 17.2. The summed E-state index contributed by atoms with van der Waals surface area (Å²) in [5.74, 6) is 0.0243. The minimum Gasteiger partial charge on any atom is -0.378 e. The van der Waals surface area contributed by atoms with E-state index in [1.165, 1.54) is 6.07 Å². The first-order valence-electron chi connectivity index (χ1n) is 11.0. The number of hydrogen-bond donors (Lipinski definition) is 3. The third kappa shape index (κ3) is 5.15. The van der Waals surface area contributed by atoms with Crippen molar-refractivity contribution in [3.8, 4) is 0 Å². The number of alkyl halides is 3. The maximum absolute atomic E-state index is 13.4. The van der Waals surface area contributed by atoms with Crippen LogP contribution in [-0.2, 0) is 10.9 Å². The number of aromatic nitrogens is 4. The van der Waals surface area contributed by atoms with Crippen molar-refractivity contribution in [1.82, 2.24) is 19.4 Å². The summed E-state index contributed by atoms with van der Waals surface area (Å²) in [6.07, 6.45) is 0.661. The van der Waals surface area contributed by atoms with Gasteiger partial charge in [0.2, 0.25) is 11.9 Å². The molecule has 0 radical (unpaired) electrons. The summed E-state index contributed by atoms with van der Waals surface area (Å²) in [7, 11) is 0. The molecule has 1 fully saturated rings. The highest BCUT2D eigenvalue weighted by Crippen LogP contribution is 2.33.